The molecule has 9 heteroatoms. The predicted octanol–water partition coefficient (Wildman–Crippen LogP) is 4.71. The zero-order valence-corrected chi connectivity index (χ0v) is 16.0. The lowest BCUT2D eigenvalue weighted by Gasteiger charge is -2.16. The van der Waals surface area contributed by atoms with Crippen LogP contribution in [0.25, 0.3) is 5.52 Å². The number of rotatable bonds is 5. The Hall–Kier alpha value is -3.23. The van der Waals surface area contributed by atoms with Crippen LogP contribution < -0.4 is 15.4 Å². The first-order valence-electron chi connectivity index (χ1n) is 8.72. The monoisotopic (exact) mass is 389 g/mol. The summed E-state index contributed by atoms with van der Waals surface area (Å²) < 4.78 is 30.7. The quantitative estimate of drug-likeness (QED) is 0.662. The van der Waals surface area contributed by atoms with Crippen LogP contribution in [-0.2, 0) is 0 Å². The van der Waals surface area contributed by atoms with Gasteiger partial charge in [-0.2, -0.15) is 13.9 Å². The van der Waals surface area contributed by atoms with Gasteiger partial charge in [0, 0.05) is 17.3 Å². The van der Waals surface area contributed by atoms with Crippen molar-refractivity contribution in [3.8, 4) is 5.88 Å². The second-order valence-corrected chi connectivity index (χ2v) is 6.78. The third-order valence-electron chi connectivity index (χ3n) is 4.13. The molecule has 0 aliphatic rings. The maximum Gasteiger partial charge on any atom is 0.388 e. The van der Waals surface area contributed by atoms with Crippen molar-refractivity contribution < 1.29 is 18.3 Å². The first kappa shape index (κ1) is 19.5. The molecule has 0 saturated heterocycles. The summed E-state index contributed by atoms with van der Waals surface area (Å²) in [7, 11) is 0. The van der Waals surface area contributed by atoms with E-state index in [-0.39, 0.29) is 11.8 Å². The highest BCUT2D eigenvalue weighted by Gasteiger charge is 2.16. The van der Waals surface area contributed by atoms with Crippen LogP contribution in [0.3, 0.4) is 0 Å². The van der Waals surface area contributed by atoms with Gasteiger partial charge in [0.2, 0.25) is 5.88 Å². The second kappa shape index (κ2) is 7.79. The number of nitrogens with one attached hydrogen (secondary N) is 2. The first-order chi connectivity index (χ1) is 13.2. The maximum absolute atomic E-state index is 12.4. The molecule has 0 spiro atoms. The van der Waals surface area contributed by atoms with Crippen LogP contribution in [0.15, 0.2) is 30.7 Å². The third kappa shape index (κ3) is 4.19. The van der Waals surface area contributed by atoms with Crippen molar-refractivity contribution in [1.29, 1.82) is 0 Å². The molecule has 2 N–H and O–H groups in total. The molecule has 7 nitrogen and oxygen atoms in total. The van der Waals surface area contributed by atoms with Gasteiger partial charge >= 0.3 is 12.6 Å². The number of pyridine rings is 1. The summed E-state index contributed by atoms with van der Waals surface area (Å²) >= 11 is 0. The highest BCUT2D eigenvalue weighted by Crippen LogP contribution is 2.29. The molecule has 148 valence electrons. The van der Waals surface area contributed by atoms with Crippen molar-refractivity contribution >= 4 is 22.9 Å². The number of carbonyl (C=O) groups excluding carboxylic acids is 1. The fourth-order valence-electron chi connectivity index (χ4n) is 3.04. The summed E-state index contributed by atoms with van der Waals surface area (Å²) in [5.41, 5.74) is 4.30. The number of carbonyl (C=O) groups is 1. The fraction of sp³-hybridized carbons (Fsp3) is 0.316. The van der Waals surface area contributed by atoms with E-state index in [2.05, 4.69) is 25.5 Å². The summed E-state index contributed by atoms with van der Waals surface area (Å²) in [6.45, 7) is 4.67. The number of ether oxygens (including phenoxy) is 1. The Morgan fingerprint density at radius 3 is 2.57 bits per heavy atom. The van der Waals surface area contributed by atoms with E-state index in [0.717, 1.165) is 16.6 Å². The molecule has 3 aromatic heterocycles. The van der Waals surface area contributed by atoms with Gasteiger partial charge < -0.3 is 15.4 Å². The number of fused-ring (bicyclic) bond motifs is 1. The number of anilines is 2. The number of hydrogen-bond donors (Lipinski definition) is 2. The second-order valence-electron chi connectivity index (χ2n) is 6.78. The lowest BCUT2D eigenvalue weighted by Crippen LogP contribution is -2.21. The smallest absolute Gasteiger partial charge is 0.388 e. The molecule has 0 unspecified atom stereocenters. The van der Waals surface area contributed by atoms with E-state index >= 15 is 0 Å². The number of urea groups is 1. The lowest BCUT2D eigenvalue weighted by atomic mass is 10.0. The highest BCUT2D eigenvalue weighted by molar-refractivity contribution is 6.00. The summed E-state index contributed by atoms with van der Waals surface area (Å²) in [6.07, 6.45) is 4.78. The summed E-state index contributed by atoms with van der Waals surface area (Å²) in [4.78, 5) is 16.2. The van der Waals surface area contributed by atoms with Gasteiger partial charge in [-0.15, -0.1) is 0 Å². The van der Waals surface area contributed by atoms with Gasteiger partial charge in [0.25, 0.3) is 0 Å². The van der Waals surface area contributed by atoms with Gasteiger partial charge in [-0.3, -0.25) is 0 Å². The topological polar surface area (TPSA) is 80.5 Å². The van der Waals surface area contributed by atoms with E-state index in [1.807, 2.05) is 33.0 Å². The number of aromatic nitrogens is 3. The molecule has 2 amide bonds. The van der Waals surface area contributed by atoms with Crippen LogP contribution >= 0.6 is 0 Å². The Balaban J connectivity index is 1.80. The van der Waals surface area contributed by atoms with Crippen molar-refractivity contribution in [2.75, 3.05) is 10.6 Å². The van der Waals surface area contributed by atoms with Crippen molar-refractivity contribution in [3.63, 3.8) is 0 Å². The first-order valence-corrected chi connectivity index (χ1v) is 8.72. The van der Waals surface area contributed by atoms with Gasteiger partial charge in [0.15, 0.2) is 0 Å². The predicted molar refractivity (Wildman–Crippen MR) is 102 cm³/mol. The van der Waals surface area contributed by atoms with Crippen LogP contribution in [0.1, 0.15) is 36.5 Å². The van der Waals surface area contributed by atoms with E-state index in [1.165, 1.54) is 12.3 Å². The minimum absolute atomic E-state index is 0.157. The minimum Gasteiger partial charge on any atom is -0.417 e. The normalized spacial score (nSPS) is 11.3. The number of alkyl halides is 2. The molecule has 0 atom stereocenters. The lowest BCUT2D eigenvalue weighted by molar-refractivity contribution is -0.0533. The molecule has 0 fully saturated rings. The third-order valence-corrected chi connectivity index (χ3v) is 4.13. The van der Waals surface area contributed by atoms with Crippen LogP contribution in [0, 0.1) is 13.8 Å². The van der Waals surface area contributed by atoms with E-state index in [4.69, 9.17) is 0 Å². The fourth-order valence-corrected chi connectivity index (χ4v) is 3.04. The standard InChI is InChI=1S/C19H21F2N5O2/c1-10(2)16-14(8-23-26-9-11(3)5-15(16)26)25-19(27)24-13-6-12(4)17(22-7-13)28-18(20)21/h5-10,18H,1-4H3,(H2,24,25,27). The van der Waals surface area contributed by atoms with E-state index < -0.39 is 12.6 Å². The van der Waals surface area contributed by atoms with E-state index in [1.54, 1.807) is 17.6 Å². The minimum atomic E-state index is -2.96. The van der Waals surface area contributed by atoms with Crippen LogP contribution in [-0.4, -0.2) is 27.2 Å². The van der Waals surface area contributed by atoms with E-state index in [9.17, 15) is 13.6 Å². The SMILES string of the molecule is Cc1cc2c(C(C)C)c(NC(=O)Nc3cnc(OC(F)F)c(C)c3)cnn2c1. The number of amides is 2. The van der Waals surface area contributed by atoms with Crippen molar-refractivity contribution in [2.45, 2.75) is 40.2 Å². The van der Waals surface area contributed by atoms with E-state index in [0.29, 0.717) is 16.9 Å². The average molecular weight is 389 g/mol. The Kier molecular flexibility index (Phi) is 5.43. The summed E-state index contributed by atoms with van der Waals surface area (Å²) in [5.74, 6) is -0.0221. The molecule has 0 bridgehead atoms. The molecule has 0 saturated carbocycles. The molecule has 28 heavy (non-hydrogen) atoms. The Morgan fingerprint density at radius 1 is 1.18 bits per heavy atom. The van der Waals surface area contributed by atoms with Gasteiger partial charge in [-0.1, -0.05) is 13.8 Å². The van der Waals surface area contributed by atoms with Crippen molar-refractivity contribution in [1.82, 2.24) is 14.6 Å². The van der Waals surface area contributed by atoms with Crippen molar-refractivity contribution in [3.05, 3.63) is 47.4 Å². The van der Waals surface area contributed by atoms with Crippen molar-refractivity contribution in [2.24, 2.45) is 0 Å². The zero-order valence-electron chi connectivity index (χ0n) is 16.0. The average Bonchev–Trinajstić information content (AvgIpc) is 2.96. The molecule has 3 aromatic rings. The van der Waals surface area contributed by atoms with Gasteiger partial charge in [-0.25, -0.2) is 14.3 Å². The van der Waals surface area contributed by atoms with Crippen LogP contribution in [0.5, 0.6) is 5.88 Å². The Morgan fingerprint density at radius 2 is 1.93 bits per heavy atom. The molecule has 0 aliphatic heterocycles. The number of halogens is 2. The van der Waals surface area contributed by atoms with Gasteiger partial charge in [0.05, 0.1) is 29.3 Å². The number of aryl methyl sites for hydroxylation is 2. The molecule has 0 aliphatic carbocycles. The summed E-state index contributed by atoms with van der Waals surface area (Å²) in [5, 5.41) is 9.78. The molecular formula is C19H21F2N5O2. The van der Waals surface area contributed by atoms with Gasteiger partial charge in [-0.05, 0) is 37.5 Å². The zero-order chi connectivity index (χ0) is 20.4. The molecule has 3 rings (SSSR count). The molecule has 3 heterocycles. The Bertz CT molecular complexity index is 1020. The summed E-state index contributed by atoms with van der Waals surface area (Å²) in [6, 6.07) is 3.03. The largest absolute Gasteiger partial charge is 0.417 e. The highest BCUT2D eigenvalue weighted by atomic mass is 19.3. The van der Waals surface area contributed by atoms with Crippen LogP contribution in [0.4, 0.5) is 25.0 Å². The number of nitrogens with zero attached hydrogens (tertiary/aromatic N) is 3. The molecule has 0 radical (unpaired) electrons. The molecule has 0 aromatic carbocycles. The molecular weight excluding hydrogens is 368 g/mol. The maximum atomic E-state index is 12.4. The van der Waals surface area contributed by atoms with Gasteiger partial charge in [0.1, 0.15) is 0 Å². The number of hydrogen-bond acceptors (Lipinski definition) is 4. The Labute approximate surface area is 160 Å². The van der Waals surface area contributed by atoms with Crippen LogP contribution in [0.2, 0.25) is 0 Å².